The average Bonchev–Trinajstić information content (AvgIpc) is 2.80. The van der Waals surface area contributed by atoms with Gasteiger partial charge in [0.2, 0.25) is 5.78 Å². The van der Waals surface area contributed by atoms with E-state index in [2.05, 4.69) is 11.8 Å². The summed E-state index contributed by atoms with van der Waals surface area (Å²) in [7, 11) is 2.73. The highest BCUT2D eigenvalue weighted by molar-refractivity contribution is 7.85. The Balaban J connectivity index is 2.21. The first kappa shape index (κ1) is 26.8. The lowest BCUT2D eigenvalue weighted by Crippen LogP contribution is -2.40. The molecule has 0 heterocycles. The largest absolute Gasteiger partial charge is 0.375 e. The Kier molecular flexibility index (Phi) is 9.42. The minimum Gasteiger partial charge on any atom is -0.375 e. The second-order valence-electron chi connectivity index (χ2n) is 7.93. The third kappa shape index (κ3) is 6.77. The van der Waals surface area contributed by atoms with E-state index in [4.69, 9.17) is 14.0 Å². The van der Waals surface area contributed by atoms with Gasteiger partial charge in [0.15, 0.2) is 0 Å². The second-order valence-corrected chi connectivity index (χ2v) is 9.50. The van der Waals surface area contributed by atoms with E-state index in [0.29, 0.717) is 17.7 Å². The van der Waals surface area contributed by atoms with Crippen molar-refractivity contribution in [1.82, 2.24) is 0 Å². The molecule has 2 rings (SSSR count). The molecule has 0 bridgehead atoms. The molecule has 2 aromatic rings. The monoisotopic (exact) mass is 478 g/mol. The molecule has 0 saturated carbocycles. The fraction of sp³-hybridized carbons (Fsp3) is 0.458. The van der Waals surface area contributed by atoms with Gasteiger partial charge in [0.05, 0.1) is 5.75 Å². The van der Waals surface area contributed by atoms with Gasteiger partial charge >= 0.3 is 0 Å². The Morgan fingerprint density at radius 3 is 1.85 bits per heavy atom. The molecule has 2 aromatic carbocycles. The van der Waals surface area contributed by atoms with Crippen molar-refractivity contribution in [1.29, 1.82) is 0 Å². The van der Waals surface area contributed by atoms with Crippen LogP contribution in [0.15, 0.2) is 48.5 Å². The molecule has 8 nitrogen and oxygen atoms in total. The number of ether oxygens (including phenoxy) is 2. The summed E-state index contributed by atoms with van der Waals surface area (Å²) in [5.41, 5.74) is 2.86. The van der Waals surface area contributed by atoms with E-state index in [1.165, 1.54) is 14.2 Å². The molecule has 0 aliphatic carbocycles. The highest BCUT2D eigenvalue weighted by Crippen LogP contribution is 2.32. The molecule has 0 saturated heterocycles. The number of benzene rings is 2. The lowest BCUT2D eigenvalue weighted by Gasteiger charge is -2.30. The van der Waals surface area contributed by atoms with E-state index < -0.39 is 15.9 Å². The van der Waals surface area contributed by atoms with Gasteiger partial charge in [0.25, 0.3) is 15.9 Å². The van der Waals surface area contributed by atoms with Crippen LogP contribution in [0.25, 0.3) is 0 Å². The molecular formula is C24H34N2O6S. The average molecular weight is 479 g/mol. The van der Waals surface area contributed by atoms with Crippen LogP contribution in [0.1, 0.15) is 35.7 Å². The van der Waals surface area contributed by atoms with Crippen LogP contribution < -0.4 is 9.80 Å². The molecule has 0 aliphatic rings. The van der Waals surface area contributed by atoms with Crippen molar-refractivity contribution in [2.45, 2.75) is 25.6 Å². The Hall–Kier alpha value is -2.46. The molecule has 0 amide bonds. The number of rotatable bonds is 13. The van der Waals surface area contributed by atoms with Crippen molar-refractivity contribution < 1.29 is 27.2 Å². The summed E-state index contributed by atoms with van der Waals surface area (Å²) < 4.78 is 41.9. The Bertz CT molecular complexity index is 1000. The van der Waals surface area contributed by atoms with Crippen LogP contribution in [0.2, 0.25) is 0 Å². The van der Waals surface area contributed by atoms with E-state index in [1.54, 1.807) is 24.3 Å². The summed E-state index contributed by atoms with van der Waals surface area (Å²) in [6.07, 6.45) is 1.32. The van der Waals surface area contributed by atoms with E-state index in [9.17, 15) is 13.2 Å². The Morgan fingerprint density at radius 2 is 1.39 bits per heavy atom. The zero-order valence-corrected chi connectivity index (χ0v) is 20.8. The maximum Gasteiger partial charge on any atom is 0.264 e. The predicted molar refractivity (Wildman–Crippen MR) is 131 cm³/mol. The van der Waals surface area contributed by atoms with Gasteiger partial charge in [0.1, 0.15) is 0 Å². The molecule has 182 valence electrons. The first-order valence-electron chi connectivity index (χ1n) is 10.8. The zero-order chi connectivity index (χ0) is 24.6. The molecule has 1 N–H and O–H groups in total. The van der Waals surface area contributed by atoms with Crippen LogP contribution >= 0.6 is 0 Å². The number of anilines is 2. The number of hydrogen-bond acceptors (Lipinski definition) is 7. The van der Waals surface area contributed by atoms with E-state index in [0.717, 1.165) is 24.3 Å². The van der Waals surface area contributed by atoms with Gasteiger partial charge < -0.3 is 19.3 Å². The third-order valence-electron chi connectivity index (χ3n) is 5.59. The van der Waals surface area contributed by atoms with Crippen LogP contribution in [0.4, 0.5) is 11.4 Å². The molecular weight excluding hydrogens is 444 g/mol. The van der Waals surface area contributed by atoms with Crippen molar-refractivity contribution in [2.24, 2.45) is 0 Å². The van der Waals surface area contributed by atoms with Gasteiger partial charge in [-0.2, -0.15) is 8.42 Å². The van der Waals surface area contributed by atoms with E-state index >= 15 is 0 Å². The van der Waals surface area contributed by atoms with Crippen LogP contribution in [-0.2, 0) is 25.4 Å². The lowest BCUT2D eigenvalue weighted by molar-refractivity contribution is -0.176. The fourth-order valence-electron chi connectivity index (χ4n) is 3.71. The highest BCUT2D eigenvalue weighted by atomic mass is 32.2. The third-order valence-corrected chi connectivity index (χ3v) is 6.39. The minimum absolute atomic E-state index is 0.288. The minimum atomic E-state index is -3.98. The molecule has 0 aromatic heterocycles. The number of Topliss-reactive ketones (excluding diaryl/α,β-unsaturated/α-hetero) is 1. The summed E-state index contributed by atoms with van der Waals surface area (Å²) >= 11 is 0. The van der Waals surface area contributed by atoms with Gasteiger partial charge in [-0.25, -0.2) is 0 Å². The van der Waals surface area contributed by atoms with Crippen LogP contribution in [0, 0.1) is 0 Å². The zero-order valence-electron chi connectivity index (χ0n) is 19.9. The molecule has 0 fully saturated rings. The number of carbonyl (C=O) groups excluding carboxylic acids is 1. The second kappa shape index (κ2) is 11.6. The SMILES string of the molecule is CCCN(C)c1ccc(C(OC)(OC)C(=O)c2ccc(N(C)CCCS(=O)(=O)O)cc2)cc1. The number of nitrogens with zero attached hydrogens (tertiary/aromatic N) is 2. The number of methoxy groups -OCH3 is 2. The van der Waals surface area contributed by atoms with Crippen molar-refractivity contribution in [3.05, 3.63) is 59.7 Å². The van der Waals surface area contributed by atoms with Crippen LogP contribution in [0.3, 0.4) is 0 Å². The first-order valence-corrected chi connectivity index (χ1v) is 12.4. The Labute approximate surface area is 196 Å². The smallest absolute Gasteiger partial charge is 0.264 e. The molecule has 9 heteroatoms. The number of ketones is 1. The summed E-state index contributed by atoms with van der Waals surface area (Å²) in [6, 6.07) is 14.5. The quantitative estimate of drug-likeness (QED) is 0.265. The normalized spacial score (nSPS) is 11.9. The molecule has 0 spiro atoms. The van der Waals surface area contributed by atoms with Gasteiger partial charge in [-0.1, -0.05) is 19.1 Å². The molecule has 0 atom stereocenters. The maximum atomic E-state index is 13.4. The Morgan fingerprint density at radius 1 is 0.909 bits per heavy atom. The van der Waals surface area contributed by atoms with Crippen molar-refractivity contribution in [2.75, 3.05) is 57.0 Å². The van der Waals surface area contributed by atoms with E-state index in [-0.39, 0.29) is 18.0 Å². The van der Waals surface area contributed by atoms with Crippen molar-refractivity contribution >= 4 is 27.3 Å². The molecule has 0 radical (unpaired) electrons. The summed E-state index contributed by atoms with van der Waals surface area (Å²) in [5, 5.41) is 0. The summed E-state index contributed by atoms with van der Waals surface area (Å²) in [5.74, 6) is -2.21. The van der Waals surface area contributed by atoms with Gasteiger partial charge in [-0.15, -0.1) is 0 Å². The summed E-state index contributed by atoms with van der Waals surface area (Å²) in [4.78, 5) is 17.4. The van der Waals surface area contributed by atoms with E-state index in [1.807, 2.05) is 43.3 Å². The molecule has 33 heavy (non-hydrogen) atoms. The van der Waals surface area contributed by atoms with Gasteiger partial charge in [-0.3, -0.25) is 9.35 Å². The topological polar surface area (TPSA) is 96.4 Å². The molecule has 0 aliphatic heterocycles. The first-order chi connectivity index (χ1) is 15.6. The lowest BCUT2D eigenvalue weighted by atomic mass is 9.95. The van der Waals surface area contributed by atoms with Gasteiger partial charge in [0, 0.05) is 63.9 Å². The van der Waals surface area contributed by atoms with Crippen LogP contribution in [0.5, 0.6) is 0 Å². The maximum absolute atomic E-state index is 13.4. The summed E-state index contributed by atoms with van der Waals surface area (Å²) in [6.45, 7) is 3.48. The van der Waals surface area contributed by atoms with Crippen molar-refractivity contribution in [3.8, 4) is 0 Å². The standard InChI is InChI=1S/C24H34N2O6S/c1-6-16-25(2)22-14-10-20(11-15-22)24(31-4,32-5)23(27)19-8-12-21(13-9-19)26(3)17-7-18-33(28,29)30/h8-15H,6-7,16-18H2,1-5H3,(H,28,29,30). The van der Waals surface area contributed by atoms with Crippen LogP contribution in [-0.4, -0.2) is 65.9 Å². The predicted octanol–water partition coefficient (Wildman–Crippen LogP) is 3.58. The van der Waals surface area contributed by atoms with Gasteiger partial charge in [-0.05, 0) is 49.2 Å². The molecule has 0 unspecified atom stereocenters. The fourth-order valence-corrected chi connectivity index (χ4v) is 4.20. The van der Waals surface area contributed by atoms with Crippen molar-refractivity contribution in [3.63, 3.8) is 0 Å². The highest BCUT2D eigenvalue weighted by Gasteiger charge is 2.41. The number of carbonyl (C=O) groups is 1. The number of hydrogen-bond donors (Lipinski definition) is 1.